The van der Waals surface area contributed by atoms with E-state index in [1.54, 1.807) is 0 Å². The highest BCUT2D eigenvalue weighted by molar-refractivity contribution is 7.89. The zero-order valence-corrected chi connectivity index (χ0v) is 9.13. The number of carbonyl (C=O) groups is 1. The fourth-order valence-electron chi connectivity index (χ4n) is 1.26. The third-order valence-corrected chi connectivity index (χ3v) is 3.03. The van der Waals surface area contributed by atoms with Crippen molar-refractivity contribution in [1.29, 1.82) is 0 Å². The Morgan fingerprint density at radius 3 is 2.33 bits per heavy atom. The summed E-state index contributed by atoms with van der Waals surface area (Å²) in [6.07, 6.45) is 0. The maximum atomic E-state index is 11.1. The van der Waals surface area contributed by atoms with Crippen molar-refractivity contribution in [3.8, 4) is 5.75 Å². The Morgan fingerprint density at radius 1 is 1.40 bits per heavy atom. The van der Waals surface area contributed by atoms with Crippen molar-refractivity contribution >= 4 is 15.8 Å². The SMILES string of the molecule is CC(=O)c1cc(S(N)(=O)=O)c(C)cc1O. The Hall–Kier alpha value is -1.40. The first kappa shape index (κ1) is 11.7. The van der Waals surface area contributed by atoms with Crippen LogP contribution in [0.5, 0.6) is 5.75 Å². The lowest BCUT2D eigenvalue weighted by atomic mass is 10.1. The van der Waals surface area contributed by atoms with Crippen LogP contribution < -0.4 is 5.14 Å². The van der Waals surface area contributed by atoms with Crippen LogP contribution >= 0.6 is 0 Å². The highest BCUT2D eigenvalue weighted by atomic mass is 32.2. The van der Waals surface area contributed by atoms with Crippen LogP contribution in [-0.2, 0) is 10.0 Å². The molecule has 5 nitrogen and oxygen atoms in total. The van der Waals surface area contributed by atoms with Crippen molar-refractivity contribution in [2.45, 2.75) is 18.7 Å². The number of rotatable bonds is 2. The molecule has 0 aliphatic heterocycles. The van der Waals surface area contributed by atoms with Gasteiger partial charge in [-0.1, -0.05) is 0 Å². The largest absolute Gasteiger partial charge is 0.507 e. The molecule has 0 atom stereocenters. The Morgan fingerprint density at radius 2 is 1.93 bits per heavy atom. The first-order valence-corrected chi connectivity index (χ1v) is 5.65. The molecule has 0 radical (unpaired) electrons. The lowest BCUT2D eigenvalue weighted by Crippen LogP contribution is -2.14. The van der Waals surface area contributed by atoms with Gasteiger partial charge in [-0.25, -0.2) is 13.6 Å². The minimum atomic E-state index is -3.87. The van der Waals surface area contributed by atoms with Crippen LogP contribution in [0.25, 0.3) is 0 Å². The Balaban J connectivity index is 3.58. The zero-order valence-electron chi connectivity index (χ0n) is 8.31. The Kier molecular flexibility index (Phi) is 2.83. The monoisotopic (exact) mass is 229 g/mol. The topological polar surface area (TPSA) is 97.5 Å². The molecule has 0 unspecified atom stereocenters. The molecule has 0 aromatic heterocycles. The summed E-state index contributed by atoms with van der Waals surface area (Å²) in [5.41, 5.74) is 0.254. The number of carbonyl (C=O) groups excluding carboxylic acids is 1. The van der Waals surface area contributed by atoms with Crippen molar-refractivity contribution in [1.82, 2.24) is 0 Å². The van der Waals surface area contributed by atoms with Crippen molar-refractivity contribution in [2.24, 2.45) is 5.14 Å². The minimum absolute atomic E-state index is 0.0513. The van der Waals surface area contributed by atoms with Gasteiger partial charge in [0.2, 0.25) is 10.0 Å². The number of Topliss-reactive ketones (excluding diaryl/α,β-unsaturated/α-hetero) is 1. The maximum Gasteiger partial charge on any atom is 0.238 e. The van der Waals surface area contributed by atoms with Crippen LogP contribution in [0, 0.1) is 6.92 Å². The molecule has 82 valence electrons. The van der Waals surface area contributed by atoms with Crippen LogP contribution in [0.15, 0.2) is 17.0 Å². The molecule has 1 aromatic rings. The van der Waals surface area contributed by atoms with Crippen molar-refractivity contribution in [2.75, 3.05) is 0 Å². The second-order valence-electron chi connectivity index (χ2n) is 3.24. The molecule has 0 aliphatic carbocycles. The first-order chi connectivity index (χ1) is 6.73. The van der Waals surface area contributed by atoms with Gasteiger partial charge < -0.3 is 5.11 Å². The van der Waals surface area contributed by atoms with E-state index in [0.29, 0.717) is 5.56 Å². The third-order valence-electron chi connectivity index (χ3n) is 1.98. The number of nitrogens with two attached hydrogens (primary N) is 1. The van der Waals surface area contributed by atoms with Gasteiger partial charge in [0.05, 0.1) is 10.5 Å². The maximum absolute atomic E-state index is 11.1. The highest BCUT2D eigenvalue weighted by Crippen LogP contribution is 2.24. The molecule has 0 fully saturated rings. The fraction of sp³-hybridized carbons (Fsp3) is 0.222. The van der Waals surface area contributed by atoms with Gasteiger partial charge in [-0.15, -0.1) is 0 Å². The second-order valence-corrected chi connectivity index (χ2v) is 4.77. The fourth-order valence-corrected chi connectivity index (χ4v) is 2.05. The lowest BCUT2D eigenvalue weighted by Gasteiger charge is -2.07. The standard InChI is InChI=1S/C9H11NO4S/c1-5-3-8(12)7(6(2)11)4-9(5)15(10,13)14/h3-4,12H,1-2H3,(H2,10,13,14). The molecule has 0 spiro atoms. The van der Waals surface area contributed by atoms with Crippen LogP contribution in [0.3, 0.4) is 0 Å². The molecule has 0 bridgehead atoms. The Labute approximate surface area is 87.6 Å². The summed E-state index contributed by atoms with van der Waals surface area (Å²) in [5, 5.41) is 14.4. The summed E-state index contributed by atoms with van der Waals surface area (Å²) in [5.74, 6) is -0.662. The quantitative estimate of drug-likeness (QED) is 0.723. The van der Waals surface area contributed by atoms with E-state index in [4.69, 9.17) is 5.14 Å². The van der Waals surface area contributed by atoms with Crippen LogP contribution in [0.2, 0.25) is 0 Å². The van der Waals surface area contributed by atoms with Gasteiger partial charge in [0, 0.05) is 0 Å². The van der Waals surface area contributed by atoms with E-state index in [-0.39, 0.29) is 16.2 Å². The summed E-state index contributed by atoms with van der Waals surface area (Å²) in [4.78, 5) is 10.9. The summed E-state index contributed by atoms with van der Waals surface area (Å²) >= 11 is 0. The smallest absolute Gasteiger partial charge is 0.238 e. The molecule has 0 saturated heterocycles. The van der Waals surface area contributed by atoms with Gasteiger partial charge in [-0.2, -0.15) is 0 Å². The van der Waals surface area contributed by atoms with E-state index in [1.165, 1.54) is 19.9 Å². The van der Waals surface area contributed by atoms with Gasteiger partial charge in [-0.05, 0) is 31.5 Å². The number of hydrogen-bond donors (Lipinski definition) is 2. The number of sulfonamides is 1. The summed E-state index contributed by atoms with van der Waals surface area (Å²) in [6, 6.07) is 2.29. The Bertz CT molecular complexity index is 519. The molecule has 0 saturated carbocycles. The van der Waals surface area contributed by atoms with Crippen molar-refractivity contribution in [3.63, 3.8) is 0 Å². The predicted octanol–water partition coefficient (Wildman–Crippen LogP) is 0.551. The number of benzene rings is 1. The number of ketones is 1. The van der Waals surface area contributed by atoms with Crippen LogP contribution in [0.1, 0.15) is 22.8 Å². The summed E-state index contributed by atoms with van der Waals surface area (Å²) < 4.78 is 22.2. The molecule has 0 amide bonds. The third kappa shape index (κ3) is 2.34. The van der Waals surface area contributed by atoms with E-state index in [9.17, 15) is 18.3 Å². The van der Waals surface area contributed by atoms with E-state index in [2.05, 4.69) is 0 Å². The van der Waals surface area contributed by atoms with E-state index in [0.717, 1.165) is 6.07 Å². The average Bonchev–Trinajstić information content (AvgIpc) is 2.00. The van der Waals surface area contributed by atoms with Gasteiger partial charge in [0.15, 0.2) is 5.78 Å². The van der Waals surface area contributed by atoms with Crippen molar-refractivity contribution in [3.05, 3.63) is 23.3 Å². The molecule has 1 rings (SSSR count). The van der Waals surface area contributed by atoms with Gasteiger partial charge in [0.25, 0.3) is 0 Å². The number of hydrogen-bond acceptors (Lipinski definition) is 4. The number of phenols is 1. The molecule has 0 aliphatic rings. The predicted molar refractivity (Wildman–Crippen MR) is 54.2 cm³/mol. The number of aryl methyl sites for hydroxylation is 1. The highest BCUT2D eigenvalue weighted by Gasteiger charge is 2.16. The number of aromatic hydroxyl groups is 1. The molecule has 6 heteroatoms. The normalized spacial score (nSPS) is 11.4. The molecule has 15 heavy (non-hydrogen) atoms. The minimum Gasteiger partial charge on any atom is -0.507 e. The number of phenolic OH excluding ortho intramolecular Hbond substituents is 1. The second kappa shape index (κ2) is 3.63. The molecule has 1 aromatic carbocycles. The van der Waals surface area contributed by atoms with Crippen molar-refractivity contribution < 1.29 is 18.3 Å². The molecular formula is C9H11NO4S. The van der Waals surface area contributed by atoms with Gasteiger partial charge in [0.1, 0.15) is 5.75 Å². The molecule has 0 heterocycles. The molecule has 3 N–H and O–H groups in total. The zero-order chi connectivity index (χ0) is 11.8. The summed E-state index contributed by atoms with van der Waals surface area (Å²) in [7, 11) is -3.87. The first-order valence-electron chi connectivity index (χ1n) is 4.11. The van der Waals surface area contributed by atoms with E-state index < -0.39 is 15.8 Å². The number of primary sulfonamides is 1. The lowest BCUT2D eigenvalue weighted by molar-refractivity contribution is 0.101. The van der Waals surface area contributed by atoms with Crippen LogP contribution in [0.4, 0.5) is 0 Å². The van der Waals surface area contributed by atoms with Gasteiger partial charge in [-0.3, -0.25) is 4.79 Å². The summed E-state index contributed by atoms with van der Waals surface area (Å²) in [6.45, 7) is 2.72. The molecular weight excluding hydrogens is 218 g/mol. The van der Waals surface area contributed by atoms with Gasteiger partial charge >= 0.3 is 0 Å². The average molecular weight is 229 g/mol. The van der Waals surface area contributed by atoms with E-state index in [1.807, 2.05) is 0 Å². The van der Waals surface area contributed by atoms with E-state index >= 15 is 0 Å². The van der Waals surface area contributed by atoms with Crippen LogP contribution in [-0.4, -0.2) is 19.3 Å².